The third-order valence-corrected chi connectivity index (χ3v) is 2.76. The monoisotopic (exact) mass is 253 g/mol. The lowest BCUT2D eigenvalue weighted by Gasteiger charge is -2.19. The molecule has 0 aliphatic heterocycles. The SMILES string of the molecule is COC(=O)C(C)NC(C)c1ccc(O)c(OC)c1. The van der Waals surface area contributed by atoms with Crippen LogP contribution < -0.4 is 10.1 Å². The van der Waals surface area contributed by atoms with Gasteiger partial charge in [0, 0.05) is 6.04 Å². The second-order valence-electron chi connectivity index (χ2n) is 4.06. The maximum atomic E-state index is 11.3. The minimum Gasteiger partial charge on any atom is -0.504 e. The number of esters is 1. The van der Waals surface area contributed by atoms with Crippen molar-refractivity contribution in [2.24, 2.45) is 0 Å². The molecule has 0 aromatic heterocycles. The van der Waals surface area contributed by atoms with Crippen LogP contribution in [0.5, 0.6) is 11.5 Å². The fourth-order valence-corrected chi connectivity index (χ4v) is 1.68. The van der Waals surface area contributed by atoms with Crippen molar-refractivity contribution in [1.29, 1.82) is 0 Å². The topological polar surface area (TPSA) is 67.8 Å². The molecule has 18 heavy (non-hydrogen) atoms. The van der Waals surface area contributed by atoms with E-state index in [0.29, 0.717) is 5.75 Å². The van der Waals surface area contributed by atoms with Crippen LogP contribution in [0.4, 0.5) is 0 Å². The van der Waals surface area contributed by atoms with Gasteiger partial charge in [-0.2, -0.15) is 0 Å². The van der Waals surface area contributed by atoms with Gasteiger partial charge < -0.3 is 14.6 Å². The molecule has 1 rings (SSSR count). The van der Waals surface area contributed by atoms with Crippen LogP contribution in [-0.2, 0) is 9.53 Å². The zero-order valence-electron chi connectivity index (χ0n) is 11.1. The predicted octanol–water partition coefficient (Wildman–Crippen LogP) is 1.61. The zero-order valence-corrected chi connectivity index (χ0v) is 11.1. The van der Waals surface area contributed by atoms with Crippen molar-refractivity contribution in [2.45, 2.75) is 25.9 Å². The Morgan fingerprint density at radius 1 is 1.33 bits per heavy atom. The molecular formula is C13H19NO4. The first kappa shape index (κ1) is 14.3. The number of phenolic OH excluding ortho intramolecular Hbond substituents is 1. The molecule has 2 unspecified atom stereocenters. The van der Waals surface area contributed by atoms with Crippen molar-refractivity contribution in [3.05, 3.63) is 23.8 Å². The number of carbonyl (C=O) groups excluding carboxylic acids is 1. The van der Waals surface area contributed by atoms with Gasteiger partial charge in [-0.25, -0.2) is 0 Å². The molecule has 2 N–H and O–H groups in total. The molecule has 0 spiro atoms. The Morgan fingerprint density at radius 2 is 2.00 bits per heavy atom. The summed E-state index contributed by atoms with van der Waals surface area (Å²) < 4.78 is 9.69. The summed E-state index contributed by atoms with van der Waals surface area (Å²) in [6, 6.07) is 4.62. The van der Waals surface area contributed by atoms with Gasteiger partial charge in [0.1, 0.15) is 6.04 Å². The van der Waals surface area contributed by atoms with Crippen LogP contribution in [0.25, 0.3) is 0 Å². The first-order valence-electron chi connectivity index (χ1n) is 5.70. The molecule has 1 aromatic rings. The molecule has 1 aromatic carbocycles. The molecule has 0 bridgehead atoms. The standard InChI is InChI=1S/C13H19NO4/c1-8(14-9(2)13(16)18-4)10-5-6-11(15)12(7-10)17-3/h5-9,14-15H,1-4H3. The maximum absolute atomic E-state index is 11.3. The number of nitrogens with one attached hydrogen (secondary N) is 1. The molecule has 0 fully saturated rings. The van der Waals surface area contributed by atoms with E-state index < -0.39 is 6.04 Å². The van der Waals surface area contributed by atoms with Gasteiger partial charge in [0.2, 0.25) is 0 Å². The van der Waals surface area contributed by atoms with Gasteiger partial charge in [0.25, 0.3) is 0 Å². The predicted molar refractivity (Wildman–Crippen MR) is 67.7 cm³/mol. The molecule has 0 amide bonds. The van der Waals surface area contributed by atoms with Gasteiger partial charge >= 0.3 is 5.97 Å². The molecule has 0 aliphatic rings. The average molecular weight is 253 g/mol. The quantitative estimate of drug-likeness (QED) is 0.780. The Balaban J connectivity index is 2.78. The number of benzene rings is 1. The van der Waals surface area contributed by atoms with E-state index in [2.05, 4.69) is 10.1 Å². The number of aromatic hydroxyl groups is 1. The average Bonchev–Trinajstić information content (AvgIpc) is 2.37. The molecule has 5 heteroatoms. The highest BCUT2D eigenvalue weighted by atomic mass is 16.5. The van der Waals surface area contributed by atoms with Crippen LogP contribution >= 0.6 is 0 Å². The highest BCUT2D eigenvalue weighted by Crippen LogP contribution is 2.28. The van der Waals surface area contributed by atoms with E-state index in [9.17, 15) is 9.90 Å². The minimum absolute atomic E-state index is 0.0615. The summed E-state index contributed by atoms with van der Waals surface area (Å²) in [5, 5.41) is 12.6. The number of hydrogen-bond acceptors (Lipinski definition) is 5. The Morgan fingerprint density at radius 3 is 2.56 bits per heavy atom. The van der Waals surface area contributed by atoms with Gasteiger partial charge in [-0.1, -0.05) is 6.07 Å². The number of ether oxygens (including phenoxy) is 2. The van der Waals surface area contributed by atoms with E-state index in [1.807, 2.05) is 6.92 Å². The molecule has 2 atom stereocenters. The molecule has 0 saturated carbocycles. The van der Waals surface area contributed by atoms with Gasteiger partial charge in [-0.3, -0.25) is 10.1 Å². The van der Waals surface area contributed by atoms with E-state index in [4.69, 9.17) is 4.74 Å². The second-order valence-corrected chi connectivity index (χ2v) is 4.06. The van der Waals surface area contributed by atoms with Crippen LogP contribution in [-0.4, -0.2) is 31.3 Å². The molecule has 0 radical (unpaired) electrons. The fraction of sp³-hybridized carbons (Fsp3) is 0.462. The van der Waals surface area contributed by atoms with Gasteiger partial charge in [-0.05, 0) is 31.5 Å². The number of methoxy groups -OCH3 is 2. The highest BCUT2D eigenvalue weighted by Gasteiger charge is 2.17. The van der Waals surface area contributed by atoms with Crippen LogP contribution in [0.3, 0.4) is 0 Å². The Labute approximate surface area is 107 Å². The summed E-state index contributed by atoms with van der Waals surface area (Å²) in [5.41, 5.74) is 0.917. The highest BCUT2D eigenvalue weighted by molar-refractivity contribution is 5.75. The molecule has 100 valence electrons. The molecule has 0 aliphatic carbocycles. The molecule has 5 nitrogen and oxygen atoms in total. The summed E-state index contributed by atoms with van der Waals surface area (Å²) in [4.78, 5) is 11.3. The molecule has 0 saturated heterocycles. The van der Waals surface area contributed by atoms with E-state index in [1.54, 1.807) is 25.1 Å². The van der Waals surface area contributed by atoms with Crippen LogP contribution in [0.15, 0.2) is 18.2 Å². The smallest absolute Gasteiger partial charge is 0.322 e. The van der Waals surface area contributed by atoms with Gasteiger partial charge in [0.05, 0.1) is 14.2 Å². The van der Waals surface area contributed by atoms with Crippen molar-refractivity contribution < 1.29 is 19.4 Å². The molecule has 0 heterocycles. The lowest BCUT2D eigenvalue weighted by molar-refractivity contribution is -0.142. The van der Waals surface area contributed by atoms with Crippen LogP contribution in [0.1, 0.15) is 25.5 Å². The first-order valence-corrected chi connectivity index (χ1v) is 5.70. The fourth-order valence-electron chi connectivity index (χ4n) is 1.68. The van der Waals surface area contributed by atoms with Gasteiger partial charge in [-0.15, -0.1) is 0 Å². The lowest BCUT2D eigenvalue weighted by Crippen LogP contribution is -2.36. The summed E-state index contributed by atoms with van der Waals surface area (Å²) in [6.07, 6.45) is 0. The van der Waals surface area contributed by atoms with Gasteiger partial charge in [0.15, 0.2) is 11.5 Å². The minimum atomic E-state index is -0.398. The van der Waals surface area contributed by atoms with Crippen molar-refractivity contribution in [3.63, 3.8) is 0 Å². The normalized spacial score (nSPS) is 13.8. The summed E-state index contributed by atoms with van der Waals surface area (Å²) >= 11 is 0. The number of hydrogen-bond donors (Lipinski definition) is 2. The van der Waals surface area contributed by atoms with Crippen LogP contribution in [0, 0.1) is 0 Å². The summed E-state index contributed by atoms with van der Waals surface area (Å²) in [6.45, 7) is 3.66. The van der Waals surface area contributed by atoms with E-state index in [-0.39, 0.29) is 17.8 Å². The lowest BCUT2D eigenvalue weighted by atomic mass is 10.1. The Bertz CT molecular complexity index is 419. The second kappa shape index (κ2) is 6.26. The van der Waals surface area contributed by atoms with E-state index in [1.165, 1.54) is 14.2 Å². The largest absolute Gasteiger partial charge is 0.504 e. The van der Waals surface area contributed by atoms with Crippen molar-refractivity contribution in [3.8, 4) is 11.5 Å². The van der Waals surface area contributed by atoms with E-state index in [0.717, 1.165) is 5.56 Å². The number of phenols is 1. The number of carbonyl (C=O) groups is 1. The van der Waals surface area contributed by atoms with Crippen molar-refractivity contribution in [1.82, 2.24) is 5.32 Å². The number of rotatable bonds is 5. The third kappa shape index (κ3) is 3.37. The van der Waals surface area contributed by atoms with Crippen LogP contribution in [0.2, 0.25) is 0 Å². The molecular weight excluding hydrogens is 234 g/mol. The summed E-state index contributed by atoms with van der Waals surface area (Å²) in [7, 11) is 2.85. The van der Waals surface area contributed by atoms with Crippen molar-refractivity contribution >= 4 is 5.97 Å². The Hall–Kier alpha value is -1.75. The third-order valence-electron chi connectivity index (χ3n) is 2.76. The maximum Gasteiger partial charge on any atom is 0.322 e. The zero-order chi connectivity index (χ0) is 13.7. The summed E-state index contributed by atoms with van der Waals surface area (Å²) in [5.74, 6) is 0.189. The van der Waals surface area contributed by atoms with Crippen molar-refractivity contribution in [2.75, 3.05) is 14.2 Å². The Kier molecular flexibility index (Phi) is 4.97. The first-order chi connectivity index (χ1) is 8.49. The van der Waals surface area contributed by atoms with E-state index >= 15 is 0 Å².